The molecule has 0 spiro atoms. The molecule has 2 unspecified atom stereocenters. The predicted molar refractivity (Wildman–Crippen MR) is 160 cm³/mol. The van der Waals surface area contributed by atoms with Crippen LogP contribution in [-0.2, 0) is 45.5 Å². The highest BCUT2D eigenvalue weighted by atomic mass is 32.2. The monoisotopic (exact) mass is 577 g/mol. The topological polar surface area (TPSA) is 139 Å². The van der Waals surface area contributed by atoms with E-state index >= 15 is 0 Å². The zero-order chi connectivity index (χ0) is 29.2. The van der Waals surface area contributed by atoms with Gasteiger partial charge in [-0.15, -0.1) is 0 Å². The van der Waals surface area contributed by atoms with E-state index in [1.807, 2.05) is 84.9 Å². The molecule has 0 saturated carbocycles. The van der Waals surface area contributed by atoms with Crippen molar-refractivity contribution in [2.45, 2.75) is 44.4 Å². The molecule has 1 heterocycles. The molecular formula is C31H39N5O4S. The number of benzene rings is 3. The first-order valence-electron chi connectivity index (χ1n) is 13.9. The van der Waals surface area contributed by atoms with Gasteiger partial charge in [-0.25, -0.2) is 8.42 Å². The second-order valence-electron chi connectivity index (χ2n) is 10.3. The molecule has 3 aromatic carbocycles. The average Bonchev–Trinajstić information content (AvgIpc) is 3.02. The van der Waals surface area contributed by atoms with E-state index in [4.69, 9.17) is 11.5 Å². The molecule has 41 heavy (non-hydrogen) atoms. The number of carbonyl (C=O) groups excluding carboxylic acids is 2. The summed E-state index contributed by atoms with van der Waals surface area (Å²) in [7, 11) is -3.67. The normalized spacial score (nSPS) is 16.7. The highest BCUT2D eigenvalue weighted by Gasteiger charge is 2.40. The number of nitrogens with one attached hydrogen (secondary N) is 1. The summed E-state index contributed by atoms with van der Waals surface area (Å²) >= 11 is 0. The second-order valence-corrected chi connectivity index (χ2v) is 12.4. The molecule has 2 amide bonds. The van der Waals surface area contributed by atoms with Gasteiger partial charge in [-0.3, -0.25) is 9.59 Å². The minimum absolute atomic E-state index is 0.0800. The molecule has 218 valence electrons. The minimum atomic E-state index is -3.67. The Labute approximate surface area is 242 Å². The lowest BCUT2D eigenvalue weighted by molar-refractivity contribution is -0.144. The van der Waals surface area contributed by atoms with Crippen LogP contribution in [0.4, 0.5) is 0 Å². The fraction of sp³-hybridized carbons (Fsp3) is 0.355. The fourth-order valence-electron chi connectivity index (χ4n) is 4.92. The molecule has 9 nitrogen and oxygen atoms in total. The molecule has 4 rings (SSSR count). The molecule has 0 radical (unpaired) electrons. The van der Waals surface area contributed by atoms with Crippen LogP contribution >= 0.6 is 0 Å². The number of hydrogen-bond acceptors (Lipinski definition) is 6. The number of nitrogens with zero attached hydrogens (tertiary/aromatic N) is 2. The van der Waals surface area contributed by atoms with Gasteiger partial charge in [0.2, 0.25) is 21.8 Å². The summed E-state index contributed by atoms with van der Waals surface area (Å²) in [5.74, 6) is -0.849. The molecule has 0 aliphatic carbocycles. The number of hydrogen-bond donors (Lipinski definition) is 3. The maximum absolute atomic E-state index is 13.5. The van der Waals surface area contributed by atoms with Crippen molar-refractivity contribution in [1.82, 2.24) is 14.5 Å². The van der Waals surface area contributed by atoms with E-state index in [1.165, 1.54) is 9.21 Å². The van der Waals surface area contributed by atoms with Gasteiger partial charge in [-0.2, -0.15) is 4.31 Å². The molecule has 1 aliphatic rings. The largest absolute Gasteiger partial charge is 0.350 e. The average molecular weight is 578 g/mol. The third-order valence-electron chi connectivity index (χ3n) is 7.44. The lowest BCUT2D eigenvalue weighted by Gasteiger charge is -2.40. The first kappa shape index (κ1) is 30.4. The van der Waals surface area contributed by atoms with Crippen LogP contribution in [0.5, 0.6) is 0 Å². The maximum Gasteiger partial charge on any atom is 0.244 e. The fourth-order valence-corrected chi connectivity index (χ4v) is 6.40. The Morgan fingerprint density at radius 1 is 0.829 bits per heavy atom. The number of amides is 2. The van der Waals surface area contributed by atoms with E-state index in [1.54, 1.807) is 0 Å². The quantitative estimate of drug-likeness (QED) is 0.300. The van der Waals surface area contributed by atoms with Crippen molar-refractivity contribution in [2.75, 3.05) is 25.4 Å². The number of nitrogens with two attached hydrogens (primary N) is 2. The van der Waals surface area contributed by atoms with Crippen molar-refractivity contribution in [3.63, 3.8) is 0 Å². The maximum atomic E-state index is 13.5. The molecule has 0 bridgehead atoms. The zero-order valence-corrected chi connectivity index (χ0v) is 24.0. The number of rotatable bonds is 12. The lowest BCUT2D eigenvalue weighted by Crippen LogP contribution is -2.63. The van der Waals surface area contributed by atoms with Crippen molar-refractivity contribution >= 4 is 21.8 Å². The van der Waals surface area contributed by atoms with Gasteiger partial charge >= 0.3 is 0 Å². The summed E-state index contributed by atoms with van der Waals surface area (Å²) in [6.07, 6.45) is 1.40. The van der Waals surface area contributed by atoms with E-state index < -0.39 is 28.0 Å². The summed E-state index contributed by atoms with van der Waals surface area (Å²) in [4.78, 5) is 28.4. The van der Waals surface area contributed by atoms with Crippen molar-refractivity contribution in [1.29, 1.82) is 0 Å². The third-order valence-corrected chi connectivity index (χ3v) is 9.28. The minimum Gasteiger partial charge on any atom is -0.350 e. The van der Waals surface area contributed by atoms with E-state index in [0.29, 0.717) is 25.8 Å². The van der Waals surface area contributed by atoms with Crippen molar-refractivity contribution < 1.29 is 18.0 Å². The van der Waals surface area contributed by atoms with Gasteiger partial charge in [0.05, 0.1) is 11.8 Å². The van der Waals surface area contributed by atoms with Crippen LogP contribution in [0.3, 0.4) is 0 Å². The van der Waals surface area contributed by atoms with E-state index in [-0.39, 0.29) is 37.8 Å². The number of sulfonamides is 1. The standard InChI is InChI=1S/C31H39N5O4S/c32-21-26-11-13-27(14-12-26)22-34-30(37)29-23-35(41(39,40)20-17-25-9-5-2-6-10-25)18-19-36(29)31(38)28(33)16-15-24-7-3-1-4-8-24/h1-14,28-29H,15-23,32-33H2,(H,34,37). The van der Waals surface area contributed by atoms with Gasteiger partial charge in [0, 0.05) is 32.7 Å². The van der Waals surface area contributed by atoms with Gasteiger partial charge in [0.25, 0.3) is 0 Å². The lowest BCUT2D eigenvalue weighted by atomic mass is 10.0. The van der Waals surface area contributed by atoms with Crippen molar-refractivity contribution in [3.8, 4) is 0 Å². The molecule has 5 N–H and O–H groups in total. The van der Waals surface area contributed by atoms with Gasteiger partial charge in [0.1, 0.15) is 6.04 Å². The van der Waals surface area contributed by atoms with Gasteiger partial charge in [-0.1, -0.05) is 84.9 Å². The first-order valence-corrected chi connectivity index (χ1v) is 15.5. The molecule has 3 aromatic rings. The summed E-state index contributed by atoms with van der Waals surface area (Å²) < 4.78 is 27.9. The summed E-state index contributed by atoms with van der Waals surface area (Å²) in [6, 6.07) is 24.9. The van der Waals surface area contributed by atoms with Crippen LogP contribution in [-0.4, -0.2) is 66.9 Å². The smallest absolute Gasteiger partial charge is 0.244 e. The van der Waals surface area contributed by atoms with Crippen LogP contribution < -0.4 is 16.8 Å². The molecule has 1 saturated heterocycles. The number of carbonyl (C=O) groups is 2. The predicted octanol–water partition coefficient (Wildman–Crippen LogP) is 1.81. The molecule has 1 aliphatic heterocycles. The van der Waals surface area contributed by atoms with E-state index in [9.17, 15) is 18.0 Å². The number of piperazine rings is 1. The summed E-state index contributed by atoms with van der Waals surface area (Å²) in [5, 5.41) is 2.89. The summed E-state index contributed by atoms with van der Waals surface area (Å²) in [6.45, 7) is 0.741. The van der Waals surface area contributed by atoms with Crippen LogP contribution in [0.25, 0.3) is 0 Å². The van der Waals surface area contributed by atoms with E-state index in [0.717, 1.165) is 22.3 Å². The van der Waals surface area contributed by atoms with Crippen molar-refractivity contribution in [2.24, 2.45) is 11.5 Å². The van der Waals surface area contributed by atoms with E-state index in [2.05, 4.69) is 5.32 Å². The Bertz CT molecular complexity index is 1390. The van der Waals surface area contributed by atoms with Gasteiger partial charge in [-0.05, 0) is 41.5 Å². The second kappa shape index (κ2) is 14.4. The third kappa shape index (κ3) is 8.46. The zero-order valence-electron chi connectivity index (χ0n) is 23.2. The Kier molecular flexibility index (Phi) is 10.6. The van der Waals surface area contributed by atoms with Gasteiger partial charge in [0.15, 0.2) is 0 Å². The van der Waals surface area contributed by atoms with Crippen molar-refractivity contribution in [3.05, 3.63) is 107 Å². The Morgan fingerprint density at radius 3 is 2.02 bits per heavy atom. The Morgan fingerprint density at radius 2 is 1.41 bits per heavy atom. The Hall–Kier alpha value is -3.57. The van der Waals surface area contributed by atoms with Gasteiger partial charge < -0.3 is 21.7 Å². The molecule has 10 heteroatoms. The molecule has 0 aromatic heterocycles. The SMILES string of the molecule is NCc1ccc(CNC(=O)C2CN(S(=O)(=O)CCc3ccccc3)CCN2C(=O)C(N)CCc2ccccc2)cc1. The van der Waals surface area contributed by atoms with Crippen LogP contribution in [0.1, 0.15) is 28.7 Å². The van der Waals surface area contributed by atoms with Crippen LogP contribution in [0.15, 0.2) is 84.9 Å². The van der Waals surface area contributed by atoms with Crippen LogP contribution in [0.2, 0.25) is 0 Å². The highest BCUT2D eigenvalue weighted by molar-refractivity contribution is 7.89. The molecule has 2 atom stereocenters. The highest BCUT2D eigenvalue weighted by Crippen LogP contribution is 2.18. The molecule has 1 fully saturated rings. The Balaban J connectivity index is 1.45. The van der Waals surface area contributed by atoms with Crippen LogP contribution in [0, 0.1) is 0 Å². The first-order chi connectivity index (χ1) is 19.8. The summed E-state index contributed by atoms with van der Waals surface area (Å²) in [5.41, 5.74) is 15.8. The number of aryl methyl sites for hydroxylation is 2. The molecular weight excluding hydrogens is 538 g/mol.